The zero-order chi connectivity index (χ0) is 19.9. The predicted molar refractivity (Wildman–Crippen MR) is 105 cm³/mol. The average molecular weight is 376 g/mol. The van der Waals surface area contributed by atoms with Crippen LogP contribution in [0.3, 0.4) is 0 Å². The number of rotatable bonds is 8. The minimum Gasteiger partial charge on any atom is -0.396 e. The van der Waals surface area contributed by atoms with Crippen LogP contribution in [-0.2, 0) is 16.0 Å². The normalized spacial score (nSPS) is 22.5. The average Bonchev–Trinajstić information content (AvgIpc) is 2.68. The number of nitrogens with one attached hydrogen (secondary N) is 1. The van der Waals surface area contributed by atoms with Gasteiger partial charge in [0, 0.05) is 37.0 Å². The van der Waals surface area contributed by atoms with Crippen molar-refractivity contribution < 1.29 is 19.8 Å². The van der Waals surface area contributed by atoms with Crippen LogP contribution in [0, 0.1) is 5.41 Å². The van der Waals surface area contributed by atoms with Gasteiger partial charge in [-0.15, -0.1) is 0 Å². The number of piperidine rings is 1. The summed E-state index contributed by atoms with van der Waals surface area (Å²) in [5.74, 6) is -0.312. The molecule has 2 atom stereocenters. The SMILES string of the molecule is CCC[C@]1(CO)CCN(C(=O)CCC(=O)Nc2ccccc2CC)C[C@H]1O. The van der Waals surface area contributed by atoms with E-state index in [4.69, 9.17) is 0 Å². The zero-order valence-electron chi connectivity index (χ0n) is 16.4. The molecule has 1 aromatic carbocycles. The van der Waals surface area contributed by atoms with Gasteiger partial charge in [-0.3, -0.25) is 9.59 Å². The van der Waals surface area contributed by atoms with E-state index in [1.165, 1.54) is 0 Å². The number of nitrogens with zero attached hydrogens (tertiary/aromatic N) is 1. The molecule has 0 saturated carbocycles. The van der Waals surface area contributed by atoms with Crippen LogP contribution in [0.5, 0.6) is 0 Å². The second kappa shape index (κ2) is 9.85. The molecule has 3 N–H and O–H groups in total. The Bertz CT molecular complexity index is 649. The molecule has 0 aromatic heterocycles. The van der Waals surface area contributed by atoms with Gasteiger partial charge in [-0.1, -0.05) is 38.5 Å². The molecule has 1 aliphatic rings. The van der Waals surface area contributed by atoms with E-state index in [9.17, 15) is 19.8 Å². The lowest BCUT2D eigenvalue weighted by atomic mass is 9.73. The summed E-state index contributed by atoms with van der Waals surface area (Å²) in [5, 5.41) is 23.1. The zero-order valence-corrected chi connectivity index (χ0v) is 16.4. The molecule has 0 spiro atoms. The lowest BCUT2D eigenvalue weighted by Gasteiger charge is -2.44. The standard InChI is InChI=1S/C21H32N2O4/c1-3-11-21(15-24)12-13-23(14-18(21)25)20(27)10-9-19(26)22-17-8-6-5-7-16(17)4-2/h5-8,18,24-25H,3-4,9-15H2,1-2H3,(H,22,26)/t18-,21-/m1/s1. The van der Waals surface area contributed by atoms with Crippen LogP contribution < -0.4 is 5.32 Å². The highest BCUT2D eigenvalue weighted by atomic mass is 16.3. The van der Waals surface area contributed by atoms with E-state index in [-0.39, 0.29) is 37.8 Å². The number of carbonyl (C=O) groups excluding carboxylic acids is 2. The second-order valence-electron chi connectivity index (χ2n) is 7.43. The van der Waals surface area contributed by atoms with Crippen molar-refractivity contribution in [2.24, 2.45) is 5.41 Å². The molecule has 1 saturated heterocycles. The van der Waals surface area contributed by atoms with Crippen LogP contribution in [0.4, 0.5) is 5.69 Å². The fourth-order valence-electron chi connectivity index (χ4n) is 3.84. The Morgan fingerprint density at radius 2 is 2.00 bits per heavy atom. The molecule has 6 heteroatoms. The number of carbonyl (C=O) groups is 2. The molecule has 0 radical (unpaired) electrons. The molecule has 1 heterocycles. The molecule has 0 bridgehead atoms. The van der Waals surface area contributed by atoms with Crippen molar-refractivity contribution in [3.63, 3.8) is 0 Å². The summed E-state index contributed by atoms with van der Waals surface area (Å²) in [4.78, 5) is 26.3. The van der Waals surface area contributed by atoms with Gasteiger partial charge in [-0.2, -0.15) is 0 Å². The minimum atomic E-state index is -0.731. The number of likely N-dealkylation sites (tertiary alicyclic amines) is 1. The second-order valence-corrected chi connectivity index (χ2v) is 7.43. The first-order chi connectivity index (χ1) is 13.0. The highest BCUT2D eigenvalue weighted by Crippen LogP contribution is 2.36. The number of β-amino-alcohol motifs (C(OH)–C–C–N with tert-alkyl or cyclic N) is 1. The first-order valence-electron chi connectivity index (χ1n) is 9.90. The number of amides is 2. The Hall–Kier alpha value is -1.92. The predicted octanol–water partition coefficient (Wildman–Crippen LogP) is 2.34. The van der Waals surface area contributed by atoms with Gasteiger partial charge < -0.3 is 20.4 Å². The van der Waals surface area contributed by atoms with Crippen molar-refractivity contribution in [2.75, 3.05) is 25.0 Å². The number of benzene rings is 1. The third-order valence-corrected chi connectivity index (χ3v) is 5.63. The number of aliphatic hydroxyl groups excluding tert-OH is 2. The largest absolute Gasteiger partial charge is 0.396 e. The highest BCUT2D eigenvalue weighted by molar-refractivity contribution is 5.93. The smallest absolute Gasteiger partial charge is 0.224 e. The van der Waals surface area contributed by atoms with Gasteiger partial charge >= 0.3 is 0 Å². The van der Waals surface area contributed by atoms with Crippen molar-refractivity contribution >= 4 is 17.5 Å². The quantitative estimate of drug-likeness (QED) is 0.650. The number of para-hydroxylation sites is 1. The summed E-state index contributed by atoms with van der Waals surface area (Å²) >= 11 is 0. The van der Waals surface area contributed by atoms with Crippen molar-refractivity contribution in [2.45, 2.75) is 58.5 Å². The van der Waals surface area contributed by atoms with E-state index in [0.29, 0.717) is 13.0 Å². The van der Waals surface area contributed by atoms with E-state index < -0.39 is 11.5 Å². The van der Waals surface area contributed by atoms with E-state index in [1.807, 2.05) is 38.1 Å². The van der Waals surface area contributed by atoms with Crippen molar-refractivity contribution in [3.05, 3.63) is 29.8 Å². The van der Waals surface area contributed by atoms with Gasteiger partial charge in [0.15, 0.2) is 0 Å². The highest BCUT2D eigenvalue weighted by Gasteiger charge is 2.42. The van der Waals surface area contributed by atoms with Crippen LogP contribution in [-0.4, -0.2) is 52.7 Å². The number of hydrogen-bond acceptors (Lipinski definition) is 4. The molecular formula is C21H32N2O4. The van der Waals surface area contributed by atoms with E-state index in [1.54, 1.807) is 4.90 Å². The fraction of sp³-hybridized carbons (Fsp3) is 0.619. The van der Waals surface area contributed by atoms with Gasteiger partial charge in [-0.25, -0.2) is 0 Å². The molecule has 1 fully saturated rings. The van der Waals surface area contributed by atoms with E-state index in [0.717, 1.165) is 30.5 Å². The molecular weight excluding hydrogens is 344 g/mol. The van der Waals surface area contributed by atoms with Gasteiger partial charge in [0.2, 0.25) is 11.8 Å². The Morgan fingerprint density at radius 3 is 2.63 bits per heavy atom. The molecule has 1 aliphatic heterocycles. The van der Waals surface area contributed by atoms with Crippen LogP contribution in [0.15, 0.2) is 24.3 Å². The monoisotopic (exact) mass is 376 g/mol. The number of hydrogen-bond donors (Lipinski definition) is 3. The fourth-order valence-corrected chi connectivity index (χ4v) is 3.84. The molecule has 27 heavy (non-hydrogen) atoms. The van der Waals surface area contributed by atoms with Gasteiger partial charge in [0.1, 0.15) is 0 Å². The summed E-state index contributed by atoms with van der Waals surface area (Å²) in [6, 6.07) is 7.64. The van der Waals surface area contributed by atoms with Crippen LogP contribution in [0.2, 0.25) is 0 Å². The number of aliphatic hydroxyl groups is 2. The number of anilines is 1. The molecule has 2 rings (SSSR count). The molecule has 6 nitrogen and oxygen atoms in total. The summed E-state index contributed by atoms with van der Waals surface area (Å²) < 4.78 is 0. The van der Waals surface area contributed by atoms with Crippen molar-refractivity contribution in [1.82, 2.24) is 4.90 Å². The van der Waals surface area contributed by atoms with Gasteiger partial charge in [-0.05, 0) is 30.9 Å². The number of aryl methyl sites for hydroxylation is 1. The van der Waals surface area contributed by atoms with Gasteiger partial charge in [0.05, 0.1) is 12.7 Å². The Labute approximate surface area is 161 Å². The third-order valence-electron chi connectivity index (χ3n) is 5.63. The van der Waals surface area contributed by atoms with Crippen LogP contribution >= 0.6 is 0 Å². The molecule has 2 amide bonds. The molecule has 150 valence electrons. The minimum absolute atomic E-state index is 0.0662. The molecule has 1 aromatic rings. The lowest BCUT2D eigenvalue weighted by molar-refractivity contribution is -0.142. The maximum absolute atomic E-state index is 12.5. The molecule has 0 unspecified atom stereocenters. The lowest BCUT2D eigenvalue weighted by Crippen LogP contribution is -2.54. The maximum atomic E-state index is 12.5. The summed E-state index contributed by atoms with van der Waals surface area (Å²) in [5.41, 5.74) is 1.35. The molecule has 0 aliphatic carbocycles. The summed E-state index contributed by atoms with van der Waals surface area (Å²) in [6.07, 6.45) is 2.53. The summed E-state index contributed by atoms with van der Waals surface area (Å²) in [7, 11) is 0. The first kappa shape index (κ1) is 21.4. The summed E-state index contributed by atoms with van der Waals surface area (Å²) in [6.45, 7) is 4.72. The Morgan fingerprint density at radius 1 is 1.26 bits per heavy atom. The van der Waals surface area contributed by atoms with Gasteiger partial charge in [0.25, 0.3) is 0 Å². The van der Waals surface area contributed by atoms with E-state index >= 15 is 0 Å². The van der Waals surface area contributed by atoms with Crippen LogP contribution in [0.25, 0.3) is 0 Å². The Balaban J connectivity index is 1.85. The van der Waals surface area contributed by atoms with E-state index in [2.05, 4.69) is 5.32 Å². The topological polar surface area (TPSA) is 89.9 Å². The first-order valence-corrected chi connectivity index (χ1v) is 9.90. The van der Waals surface area contributed by atoms with Crippen molar-refractivity contribution in [1.29, 1.82) is 0 Å². The third kappa shape index (κ3) is 5.30. The van der Waals surface area contributed by atoms with Crippen LogP contribution in [0.1, 0.15) is 51.5 Å². The maximum Gasteiger partial charge on any atom is 0.224 e. The Kier molecular flexibility index (Phi) is 7.80. The van der Waals surface area contributed by atoms with Crippen molar-refractivity contribution in [3.8, 4) is 0 Å².